The molecule has 0 saturated heterocycles. The van der Waals surface area contributed by atoms with Crippen molar-refractivity contribution in [3.05, 3.63) is 0 Å². The standard InChI is InChI=1S/C7H13NS/c1-7(2,3)6-4-9-5-8-6/h5-6H,4H2,1-3H3. The normalized spacial score (nSPS) is 27.2. The average Bonchev–Trinajstić information content (AvgIpc) is 2.08. The third kappa shape index (κ3) is 1.71. The summed E-state index contributed by atoms with van der Waals surface area (Å²) in [5, 5.41) is 0. The fraction of sp³-hybridized carbons (Fsp3) is 0.857. The van der Waals surface area contributed by atoms with Gasteiger partial charge in [0.2, 0.25) is 0 Å². The first-order valence-electron chi connectivity index (χ1n) is 3.24. The Bertz CT molecular complexity index is 123. The van der Waals surface area contributed by atoms with E-state index in [9.17, 15) is 0 Å². The van der Waals surface area contributed by atoms with Gasteiger partial charge in [0.05, 0.1) is 11.6 Å². The number of rotatable bonds is 0. The zero-order valence-electron chi connectivity index (χ0n) is 6.22. The van der Waals surface area contributed by atoms with Gasteiger partial charge in [0.1, 0.15) is 0 Å². The van der Waals surface area contributed by atoms with Crippen LogP contribution in [0.5, 0.6) is 0 Å². The number of thioether (sulfide) groups is 1. The smallest absolute Gasteiger partial charge is 0.0648 e. The van der Waals surface area contributed by atoms with Gasteiger partial charge in [0.15, 0.2) is 0 Å². The first kappa shape index (κ1) is 7.13. The topological polar surface area (TPSA) is 12.4 Å². The Morgan fingerprint density at radius 3 is 2.44 bits per heavy atom. The maximum atomic E-state index is 4.34. The van der Waals surface area contributed by atoms with Gasteiger partial charge in [0.25, 0.3) is 0 Å². The maximum absolute atomic E-state index is 4.34. The molecule has 0 spiro atoms. The van der Waals surface area contributed by atoms with Crippen LogP contribution in [-0.4, -0.2) is 17.3 Å². The molecule has 1 unspecified atom stereocenters. The molecule has 0 aromatic heterocycles. The molecule has 9 heavy (non-hydrogen) atoms. The Labute approximate surface area is 60.9 Å². The van der Waals surface area contributed by atoms with Crippen LogP contribution in [-0.2, 0) is 0 Å². The second-order valence-corrected chi connectivity index (χ2v) is 4.35. The largest absolute Gasteiger partial charge is 0.282 e. The molecule has 0 saturated carbocycles. The van der Waals surface area contributed by atoms with Crippen molar-refractivity contribution in [1.82, 2.24) is 0 Å². The van der Waals surface area contributed by atoms with Crippen molar-refractivity contribution in [2.24, 2.45) is 10.4 Å². The molecule has 1 rings (SSSR count). The van der Waals surface area contributed by atoms with Gasteiger partial charge in [-0.2, -0.15) is 0 Å². The molecule has 52 valence electrons. The van der Waals surface area contributed by atoms with Crippen LogP contribution in [0.2, 0.25) is 0 Å². The van der Waals surface area contributed by atoms with Crippen LogP contribution in [0.25, 0.3) is 0 Å². The van der Waals surface area contributed by atoms with E-state index in [0.29, 0.717) is 11.5 Å². The minimum Gasteiger partial charge on any atom is -0.282 e. The second kappa shape index (κ2) is 2.33. The van der Waals surface area contributed by atoms with E-state index < -0.39 is 0 Å². The predicted molar refractivity (Wildman–Crippen MR) is 44.2 cm³/mol. The lowest BCUT2D eigenvalue weighted by Crippen LogP contribution is -2.24. The van der Waals surface area contributed by atoms with E-state index in [0.717, 1.165) is 0 Å². The molecule has 0 radical (unpaired) electrons. The lowest BCUT2D eigenvalue weighted by molar-refractivity contribution is 0.349. The van der Waals surface area contributed by atoms with E-state index in [1.807, 2.05) is 17.3 Å². The summed E-state index contributed by atoms with van der Waals surface area (Å²) in [6, 6.07) is 0.544. The molecular formula is C7H13NS. The van der Waals surface area contributed by atoms with E-state index in [1.54, 1.807) is 0 Å². The summed E-state index contributed by atoms with van der Waals surface area (Å²) in [6.07, 6.45) is 0. The van der Waals surface area contributed by atoms with Crippen LogP contribution in [0.1, 0.15) is 20.8 Å². The van der Waals surface area contributed by atoms with Crippen molar-refractivity contribution in [1.29, 1.82) is 0 Å². The van der Waals surface area contributed by atoms with Crippen molar-refractivity contribution >= 4 is 17.3 Å². The van der Waals surface area contributed by atoms with Gasteiger partial charge in [-0.15, -0.1) is 11.8 Å². The molecule has 1 heterocycles. The number of hydrogen-bond acceptors (Lipinski definition) is 2. The Morgan fingerprint density at radius 1 is 1.56 bits per heavy atom. The first-order valence-corrected chi connectivity index (χ1v) is 4.29. The highest BCUT2D eigenvalue weighted by Crippen LogP contribution is 2.28. The molecule has 1 aliphatic rings. The van der Waals surface area contributed by atoms with Crippen LogP contribution >= 0.6 is 11.8 Å². The molecule has 1 atom stereocenters. The fourth-order valence-corrected chi connectivity index (χ4v) is 1.85. The third-order valence-electron chi connectivity index (χ3n) is 1.57. The molecule has 0 N–H and O–H groups in total. The summed E-state index contributed by atoms with van der Waals surface area (Å²) in [7, 11) is 0. The SMILES string of the molecule is CC(C)(C)C1CSC=N1. The highest BCUT2D eigenvalue weighted by atomic mass is 32.2. The summed E-state index contributed by atoms with van der Waals surface area (Å²) >= 11 is 1.82. The minimum absolute atomic E-state index is 0.361. The van der Waals surface area contributed by atoms with Crippen LogP contribution in [0.4, 0.5) is 0 Å². The van der Waals surface area contributed by atoms with E-state index in [1.165, 1.54) is 5.75 Å². The van der Waals surface area contributed by atoms with Gasteiger partial charge in [0, 0.05) is 5.75 Å². The molecule has 1 aliphatic heterocycles. The van der Waals surface area contributed by atoms with Crippen molar-refractivity contribution in [3.63, 3.8) is 0 Å². The quantitative estimate of drug-likeness (QED) is 0.506. The fourth-order valence-electron chi connectivity index (χ4n) is 0.767. The second-order valence-electron chi connectivity index (χ2n) is 3.47. The molecule has 0 aromatic rings. The van der Waals surface area contributed by atoms with E-state index in [2.05, 4.69) is 25.8 Å². The zero-order valence-corrected chi connectivity index (χ0v) is 7.03. The molecule has 0 amide bonds. The first-order chi connectivity index (χ1) is 4.11. The van der Waals surface area contributed by atoms with Crippen molar-refractivity contribution in [2.45, 2.75) is 26.8 Å². The molecule has 0 aliphatic carbocycles. The summed E-state index contributed by atoms with van der Waals surface area (Å²) in [6.45, 7) is 6.71. The Hall–Kier alpha value is 0.0200. The third-order valence-corrected chi connectivity index (χ3v) is 2.35. The van der Waals surface area contributed by atoms with Crippen LogP contribution < -0.4 is 0 Å². The van der Waals surface area contributed by atoms with Gasteiger partial charge in [-0.3, -0.25) is 4.99 Å². The molecular weight excluding hydrogens is 130 g/mol. The minimum atomic E-state index is 0.361. The van der Waals surface area contributed by atoms with Gasteiger partial charge >= 0.3 is 0 Å². The molecule has 0 bridgehead atoms. The number of nitrogens with zero attached hydrogens (tertiary/aromatic N) is 1. The Morgan fingerprint density at radius 2 is 2.22 bits per heavy atom. The monoisotopic (exact) mass is 143 g/mol. The highest BCUT2D eigenvalue weighted by molar-refractivity contribution is 8.12. The maximum Gasteiger partial charge on any atom is 0.0648 e. The van der Waals surface area contributed by atoms with E-state index in [4.69, 9.17) is 0 Å². The summed E-state index contributed by atoms with van der Waals surface area (Å²) in [5.74, 6) is 1.17. The number of hydrogen-bond donors (Lipinski definition) is 0. The summed E-state index contributed by atoms with van der Waals surface area (Å²) in [5.41, 5.74) is 2.33. The van der Waals surface area contributed by atoms with Gasteiger partial charge in [-0.05, 0) is 5.41 Å². The van der Waals surface area contributed by atoms with Crippen molar-refractivity contribution in [3.8, 4) is 0 Å². The summed E-state index contributed by atoms with van der Waals surface area (Å²) < 4.78 is 0. The average molecular weight is 143 g/mol. The lowest BCUT2D eigenvalue weighted by Gasteiger charge is -2.23. The Kier molecular flexibility index (Phi) is 1.85. The van der Waals surface area contributed by atoms with Crippen LogP contribution in [0.3, 0.4) is 0 Å². The lowest BCUT2D eigenvalue weighted by atomic mass is 9.88. The predicted octanol–water partition coefficient (Wildman–Crippen LogP) is 2.18. The van der Waals surface area contributed by atoms with E-state index >= 15 is 0 Å². The molecule has 0 fully saturated rings. The number of aliphatic imine (C=N–C) groups is 1. The highest BCUT2D eigenvalue weighted by Gasteiger charge is 2.25. The molecule has 1 nitrogen and oxygen atoms in total. The van der Waals surface area contributed by atoms with Gasteiger partial charge in [-0.1, -0.05) is 20.8 Å². The molecule has 2 heteroatoms. The van der Waals surface area contributed by atoms with Gasteiger partial charge in [-0.25, -0.2) is 0 Å². The zero-order chi connectivity index (χ0) is 6.91. The van der Waals surface area contributed by atoms with Crippen molar-refractivity contribution < 1.29 is 0 Å². The summed E-state index contributed by atoms with van der Waals surface area (Å²) in [4.78, 5) is 4.34. The van der Waals surface area contributed by atoms with Crippen LogP contribution in [0.15, 0.2) is 4.99 Å². The van der Waals surface area contributed by atoms with Crippen LogP contribution in [0, 0.1) is 5.41 Å². The van der Waals surface area contributed by atoms with Crippen molar-refractivity contribution in [2.75, 3.05) is 5.75 Å². The van der Waals surface area contributed by atoms with E-state index in [-0.39, 0.29) is 0 Å². The molecule has 0 aromatic carbocycles. The Balaban J connectivity index is 2.53. The van der Waals surface area contributed by atoms with Gasteiger partial charge < -0.3 is 0 Å².